The lowest BCUT2D eigenvalue weighted by Crippen LogP contribution is -2.21. The summed E-state index contributed by atoms with van der Waals surface area (Å²) in [5.74, 6) is -17.7. The number of nitrogens with two attached hydrogens (primary N) is 1. The molecule has 0 amide bonds. The van der Waals surface area contributed by atoms with Crippen LogP contribution in [0.4, 0.5) is 59.9 Å². The molecule has 4 heterocycles. The molecule has 11 nitrogen and oxygen atoms in total. The minimum Gasteiger partial charge on any atom is -0.506 e. The third-order valence-corrected chi connectivity index (χ3v) is 9.38. The zero-order valence-corrected chi connectivity index (χ0v) is 36.5. The van der Waals surface area contributed by atoms with Crippen LogP contribution in [-0.4, -0.2) is 55.8 Å². The molecule has 366 valence electrons. The maximum absolute atomic E-state index is 15.2. The number of aromatic nitrogens is 4. The second-order valence-corrected chi connectivity index (χ2v) is 14.3. The molecule has 0 bridgehead atoms. The summed E-state index contributed by atoms with van der Waals surface area (Å²) in [6.45, 7) is 2.71. The Morgan fingerprint density at radius 2 is 1.16 bits per heavy atom. The van der Waals surface area contributed by atoms with Crippen LogP contribution >= 0.6 is 0 Å². The monoisotopic (exact) mass is 986 g/mol. The van der Waals surface area contributed by atoms with Crippen molar-refractivity contribution in [1.82, 2.24) is 19.9 Å². The SMILES string of the molecule is CCOc1c(F)c(F)c(C(Nc2cccc(C)n2)c2ccc3cccnc3c2O)c(F)c1F.Cc1cccc(N)n1.O=Cc1c(F)c(F)c(OCC(F)(F)F)c(F)c1F.Oc1cccc2cccnc12. The van der Waals surface area contributed by atoms with Crippen LogP contribution in [0, 0.1) is 60.4 Å². The largest absolute Gasteiger partial charge is 0.506 e. The number of aromatic hydroxyl groups is 2. The van der Waals surface area contributed by atoms with Crippen molar-refractivity contribution in [3.8, 4) is 23.0 Å². The average Bonchev–Trinajstić information content (AvgIpc) is 3.32. The van der Waals surface area contributed by atoms with Crippen molar-refractivity contribution in [2.75, 3.05) is 24.3 Å². The van der Waals surface area contributed by atoms with Crippen LogP contribution in [-0.2, 0) is 0 Å². The highest BCUT2D eigenvalue weighted by molar-refractivity contribution is 5.86. The van der Waals surface area contributed by atoms with Gasteiger partial charge in [-0.15, -0.1) is 0 Å². The van der Waals surface area contributed by atoms with E-state index in [1.807, 2.05) is 37.3 Å². The number of aldehydes is 1. The van der Waals surface area contributed by atoms with Crippen molar-refractivity contribution in [2.45, 2.75) is 33.0 Å². The minimum atomic E-state index is -4.95. The number of halogens is 11. The van der Waals surface area contributed by atoms with Gasteiger partial charge in [0, 0.05) is 40.1 Å². The predicted octanol–water partition coefficient (Wildman–Crippen LogP) is 11.7. The smallest absolute Gasteiger partial charge is 0.422 e. The summed E-state index contributed by atoms with van der Waals surface area (Å²) >= 11 is 0. The quantitative estimate of drug-likeness (QED) is 0.0618. The molecular weight excluding hydrogens is 950 g/mol. The summed E-state index contributed by atoms with van der Waals surface area (Å²) in [4.78, 5) is 26.5. The molecule has 0 aliphatic heterocycles. The molecule has 0 radical (unpaired) electrons. The zero-order chi connectivity index (χ0) is 51.4. The van der Waals surface area contributed by atoms with E-state index in [0.29, 0.717) is 22.4 Å². The molecule has 0 spiro atoms. The number of carbonyl (C=O) groups is 1. The summed E-state index contributed by atoms with van der Waals surface area (Å²) in [6, 6.07) is 24.3. The summed E-state index contributed by atoms with van der Waals surface area (Å²) in [6.07, 6.45) is -2.35. The highest BCUT2D eigenvalue weighted by Crippen LogP contribution is 2.41. The Morgan fingerprint density at radius 1 is 0.643 bits per heavy atom. The molecular formula is C48H37F11N6O5. The lowest BCUT2D eigenvalue weighted by molar-refractivity contribution is -0.154. The van der Waals surface area contributed by atoms with Gasteiger partial charge in [-0.1, -0.05) is 48.5 Å². The molecule has 1 atom stereocenters. The summed E-state index contributed by atoms with van der Waals surface area (Å²) in [5, 5.41) is 24.5. The van der Waals surface area contributed by atoms with Gasteiger partial charge >= 0.3 is 6.18 Å². The van der Waals surface area contributed by atoms with Gasteiger partial charge in [-0.2, -0.15) is 30.7 Å². The summed E-state index contributed by atoms with van der Waals surface area (Å²) < 4.78 is 155. The molecule has 0 saturated carbocycles. The molecule has 70 heavy (non-hydrogen) atoms. The fraction of sp³-hybridized carbons (Fsp3) is 0.146. The fourth-order valence-electron chi connectivity index (χ4n) is 6.27. The van der Waals surface area contributed by atoms with Crippen LogP contribution in [0.1, 0.15) is 45.8 Å². The van der Waals surface area contributed by atoms with E-state index < -0.39 is 100 Å². The molecule has 0 saturated heterocycles. The van der Waals surface area contributed by atoms with E-state index in [1.165, 1.54) is 25.3 Å². The number of ether oxygens (including phenoxy) is 2. The Bertz CT molecular complexity index is 3070. The van der Waals surface area contributed by atoms with E-state index >= 15 is 8.78 Å². The van der Waals surface area contributed by atoms with E-state index in [0.717, 1.165) is 11.1 Å². The Balaban J connectivity index is 0.000000204. The normalized spacial score (nSPS) is 11.3. The third kappa shape index (κ3) is 12.6. The van der Waals surface area contributed by atoms with Crippen molar-refractivity contribution in [2.24, 2.45) is 0 Å². The lowest BCUT2D eigenvalue weighted by Gasteiger charge is -2.24. The highest BCUT2D eigenvalue weighted by Gasteiger charge is 2.35. The number of nitrogen functional groups attached to an aromatic ring is 1. The molecule has 0 aliphatic carbocycles. The number of nitrogens with zero attached hydrogens (tertiary/aromatic N) is 4. The number of carbonyl (C=O) groups excluding carboxylic acids is 1. The van der Waals surface area contributed by atoms with Gasteiger partial charge in [0.05, 0.1) is 23.8 Å². The molecule has 4 aromatic heterocycles. The van der Waals surface area contributed by atoms with Crippen LogP contribution in [0.3, 0.4) is 0 Å². The number of nitrogens with one attached hydrogen (secondary N) is 1. The Kier molecular flexibility index (Phi) is 17.4. The first-order chi connectivity index (χ1) is 33.2. The molecule has 0 aliphatic rings. The number of hydrogen-bond acceptors (Lipinski definition) is 11. The van der Waals surface area contributed by atoms with Crippen LogP contribution in [0.15, 0.2) is 103 Å². The number of alkyl halides is 3. The maximum Gasteiger partial charge on any atom is 0.422 e. The number of pyridine rings is 4. The Hall–Kier alpha value is -8.30. The topological polar surface area (TPSA) is 166 Å². The van der Waals surface area contributed by atoms with Gasteiger partial charge in [-0.25, -0.2) is 27.5 Å². The molecule has 0 fully saturated rings. The summed E-state index contributed by atoms with van der Waals surface area (Å²) in [7, 11) is 0. The van der Waals surface area contributed by atoms with Gasteiger partial charge in [-0.3, -0.25) is 14.8 Å². The molecule has 8 rings (SSSR count). The second-order valence-electron chi connectivity index (χ2n) is 14.3. The van der Waals surface area contributed by atoms with Gasteiger partial charge in [0.2, 0.25) is 23.3 Å². The molecule has 4 aromatic carbocycles. The summed E-state index contributed by atoms with van der Waals surface area (Å²) in [5.41, 5.74) is 5.14. The lowest BCUT2D eigenvalue weighted by atomic mass is 9.94. The molecule has 22 heteroatoms. The van der Waals surface area contributed by atoms with Crippen molar-refractivity contribution in [3.05, 3.63) is 178 Å². The minimum absolute atomic E-state index is 0.0507. The van der Waals surface area contributed by atoms with Crippen LogP contribution < -0.4 is 20.5 Å². The van der Waals surface area contributed by atoms with Gasteiger partial charge in [-0.05, 0) is 63.2 Å². The number of rotatable bonds is 9. The maximum atomic E-state index is 15.2. The van der Waals surface area contributed by atoms with Crippen molar-refractivity contribution >= 4 is 39.7 Å². The highest BCUT2D eigenvalue weighted by atomic mass is 19.4. The van der Waals surface area contributed by atoms with E-state index in [-0.39, 0.29) is 29.3 Å². The van der Waals surface area contributed by atoms with E-state index in [1.54, 1.807) is 61.7 Å². The predicted molar refractivity (Wildman–Crippen MR) is 235 cm³/mol. The molecule has 5 N–H and O–H groups in total. The first kappa shape index (κ1) is 52.7. The van der Waals surface area contributed by atoms with Crippen LogP contribution in [0.25, 0.3) is 21.8 Å². The fourth-order valence-corrected chi connectivity index (χ4v) is 6.27. The number of benzene rings is 4. The number of phenols is 2. The number of phenolic OH excluding ortho intramolecular Hbond substituents is 2. The standard InChI is InChI=1S/C24H19F4N3O2.C9H3F7O2.C9H7NO.C6H8N2/c1-3-33-24-19(27)17(25)16(18(26)20(24)28)22(31-15-8-4-6-12(2)30-15)14-10-9-13-7-5-11-29-21(13)23(14)32;10-4-3(1-17)5(11)7(13)8(6(4)12)18-2-9(14,15)16;11-8-5-1-3-7-4-2-6-10-9(7)8;1-5-3-2-4-6(7)8-5/h4-11,22,32H,3H2,1-2H3,(H,30,31);1H,2H2;1-6,11H;2-4H,1H3,(H2,7,8). The molecule has 8 aromatic rings. The van der Waals surface area contributed by atoms with E-state index in [2.05, 4.69) is 30.0 Å². The van der Waals surface area contributed by atoms with Gasteiger partial charge < -0.3 is 30.7 Å². The van der Waals surface area contributed by atoms with Gasteiger partial charge in [0.25, 0.3) is 0 Å². The van der Waals surface area contributed by atoms with Crippen molar-refractivity contribution in [1.29, 1.82) is 0 Å². The second kappa shape index (κ2) is 23.1. The third-order valence-electron chi connectivity index (χ3n) is 9.38. The Morgan fingerprint density at radius 3 is 1.67 bits per heavy atom. The first-order valence-corrected chi connectivity index (χ1v) is 20.2. The first-order valence-electron chi connectivity index (χ1n) is 20.2. The number of hydrogen-bond donors (Lipinski definition) is 4. The number of anilines is 2. The van der Waals surface area contributed by atoms with E-state index in [9.17, 15) is 54.5 Å². The number of aryl methyl sites for hydroxylation is 2. The Labute approximate surface area is 390 Å². The average molecular weight is 987 g/mol. The van der Waals surface area contributed by atoms with Crippen LogP contribution in [0.2, 0.25) is 0 Å². The van der Waals surface area contributed by atoms with Crippen molar-refractivity contribution in [3.63, 3.8) is 0 Å². The number of fused-ring (bicyclic) bond motifs is 2. The molecule has 1 unspecified atom stereocenters. The van der Waals surface area contributed by atoms with E-state index in [4.69, 9.17) is 10.5 Å². The van der Waals surface area contributed by atoms with Crippen molar-refractivity contribution < 1.29 is 72.8 Å². The van der Waals surface area contributed by atoms with Crippen LogP contribution in [0.5, 0.6) is 23.0 Å². The number of para-hydroxylation sites is 1. The van der Waals surface area contributed by atoms with Gasteiger partial charge in [0.15, 0.2) is 47.7 Å². The zero-order valence-electron chi connectivity index (χ0n) is 36.5. The van der Waals surface area contributed by atoms with Gasteiger partial charge in [0.1, 0.15) is 34.2 Å².